The van der Waals surface area contributed by atoms with E-state index in [9.17, 15) is 4.39 Å². The van der Waals surface area contributed by atoms with Gasteiger partial charge in [0, 0.05) is 25.5 Å². The molecule has 1 aliphatic heterocycles. The highest BCUT2D eigenvalue weighted by atomic mass is 19.1. The summed E-state index contributed by atoms with van der Waals surface area (Å²) < 4.78 is 14.1. The molecule has 0 N–H and O–H groups in total. The predicted molar refractivity (Wildman–Crippen MR) is 80.2 cm³/mol. The van der Waals surface area contributed by atoms with Gasteiger partial charge in [-0.1, -0.05) is 6.08 Å². The van der Waals surface area contributed by atoms with Crippen LogP contribution in [0, 0.1) is 17.1 Å². The van der Waals surface area contributed by atoms with Gasteiger partial charge in [0.05, 0.1) is 17.3 Å². The lowest BCUT2D eigenvalue weighted by atomic mass is 10.0. The minimum absolute atomic E-state index is 0.343. The van der Waals surface area contributed by atoms with Crippen molar-refractivity contribution in [2.45, 2.75) is 6.42 Å². The normalized spacial score (nSPS) is 14.5. The monoisotopic (exact) mass is 279 g/mol. The van der Waals surface area contributed by atoms with Crippen LogP contribution in [0.4, 0.5) is 10.1 Å². The van der Waals surface area contributed by atoms with Crippen LogP contribution in [0.15, 0.2) is 48.8 Å². The maximum absolute atomic E-state index is 14.1. The highest BCUT2D eigenvalue weighted by molar-refractivity contribution is 5.71. The van der Waals surface area contributed by atoms with Crippen molar-refractivity contribution in [2.75, 3.05) is 18.0 Å². The average molecular weight is 279 g/mol. The van der Waals surface area contributed by atoms with Crippen molar-refractivity contribution in [1.29, 1.82) is 5.26 Å². The Hall–Kier alpha value is -2.67. The molecule has 4 heteroatoms. The molecule has 0 aliphatic carbocycles. The quantitative estimate of drug-likeness (QED) is 0.846. The Morgan fingerprint density at radius 1 is 1.19 bits per heavy atom. The number of anilines is 1. The Bertz CT molecular complexity index is 717. The first-order chi connectivity index (χ1) is 10.3. The molecular formula is C17H14FN3. The maximum Gasteiger partial charge on any atom is 0.147 e. The predicted octanol–water partition coefficient (Wildman–Crippen LogP) is 3.39. The lowest BCUT2D eigenvalue weighted by Gasteiger charge is -2.30. The van der Waals surface area contributed by atoms with Crippen LogP contribution in [0.5, 0.6) is 0 Å². The molecule has 3 rings (SSSR count). The molecule has 0 spiro atoms. The van der Waals surface area contributed by atoms with Crippen molar-refractivity contribution in [2.24, 2.45) is 0 Å². The molecule has 3 nitrogen and oxygen atoms in total. The van der Waals surface area contributed by atoms with Crippen LogP contribution in [0.25, 0.3) is 5.57 Å². The number of pyridine rings is 1. The number of benzene rings is 1. The zero-order valence-corrected chi connectivity index (χ0v) is 11.5. The number of hydrogen-bond acceptors (Lipinski definition) is 3. The van der Waals surface area contributed by atoms with Gasteiger partial charge in [-0.25, -0.2) is 4.39 Å². The van der Waals surface area contributed by atoms with Gasteiger partial charge >= 0.3 is 0 Å². The fourth-order valence-corrected chi connectivity index (χ4v) is 2.56. The Morgan fingerprint density at radius 2 is 2.00 bits per heavy atom. The first-order valence-electron chi connectivity index (χ1n) is 6.82. The molecule has 1 aromatic heterocycles. The second-order valence-corrected chi connectivity index (χ2v) is 4.95. The van der Waals surface area contributed by atoms with E-state index in [0.717, 1.165) is 18.5 Å². The van der Waals surface area contributed by atoms with E-state index >= 15 is 0 Å². The van der Waals surface area contributed by atoms with E-state index in [4.69, 9.17) is 5.26 Å². The number of aromatic nitrogens is 1. The van der Waals surface area contributed by atoms with Crippen molar-refractivity contribution >= 4 is 11.3 Å². The number of halogens is 1. The van der Waals surface area contributed by atoms with Gasteiger partial charge in [0.15, 0.2) is 0 Å². The Kier molecular flexibility index (Phi) is 3.65. The minimum Gasteiger partial charge on any atom is -0.365 e. The summed E-state index contributed by atoms with van der Waals surface area (Å²) in [5.74, 6) is -0.343. The molecule has 21 heavy (non-hydrogen) atoms. The van der Waals surface area contributed by atoms with E-state index in [1.165, 1.54) is 11.6 Å². The highest BCUT2D eigenvalue weighted by Gasteiger charge is 2.17. The number of hydrogen-bond donors (Lipinski definition) is 0. The molecule has 0 radical (unpaired) electrons. The second kappa shape index (κ2) is 5.76. The van der Waals surface area contributed by atoms with E-state index in [1.54, 1.807) is 24.5 Å². The summed E-state index contributed by atoms with van der Waals surface area (Å²) >= 11 is 0. The van der Waals surface area contributed by atoms with E-state index in [1.807, 2.05) is 23.1 Å². The third-order valence-electron chi connectivity index (χ3n) is 3.62. The summed E-state index contributed by atoms with van der Waals surface area (Å²) in [4.78, 5) is 6.03. The van der Waals surface area contributed by atoms with Crippen LogP contribution >= 0.6 is 0 Å². The van der Waals surface area contributed by atoms with Gasteiger partial charge in [-0.2, -0.15) is 5.26 Å². The van der Waals surface area contributed by atoms with Crippen molar-refractivity contribution in [3.8, 4) is 6.07 Å². The molecule has 0 bridgehead atoms. The van der Waals surface area contributed by atoms with Crippen molar-refractivity contribution in [1.82, 2.24) is 4.98 Å². The zero-order valence-electron chi connectivity index (χ0n) is 11.5. The van der Waals surface area contributed by atoms with Gasteiger partial charge in [-0.3, -0.25) is 4.98 Å². The molecule has 2 heterocycles. The summed E-state index contributed by atoms with van der Waals surface area (Å²) in [5.41, 5.74) is 3.18. The molecule has 0 fully saturated rings. The molecule has 0 saturated heterocycles. The topological polar surface area (TPSA) is 39.9 Å². The Balaban J connectivity index is 1.86. The van der Waals surface area contributed by atoms with Crippen LogP contribution in [-0.2, 0) is 0 Å². The van der Waals surface area contributed by atoms with Crippen molar-refractivity contribution in [3.63, 3.8) is 0 Å². The summed E-state index contributed by atoms with van der Waals surface area (Å²) in [7, 11) is 0. The molecule has 0 saturated carbocycles. The van der Waals surface area contributed by atoms with Crippen LogP contribution in [-0.4, -0.2) is 18.1 Å². The first-order valence-corrected chi connectivity index (χ1v) is 6.82. The molecule has 0 unspecified atom stereocenters. The van der Waals surface area contributed by atoms with Gasteiger partial charge in [0.1, 0.15) is 5.82 Å². The molecule has 0 atom stereocenters. The average Bonchev–Trinajstić information content (AvgIpc) is 2.55. The van der Waals surface area contributed by atoms with Gasteiger partial charge < -0.3 is 4.90 Å². The molecule has 104 valence electrons. The molecular weight excluding hydrogens is 265 g/mol. The third-order valence-corrected chi connectivity index (χ3v) is 3.62. The fourth-order valence-electron chi connectivity index (χ4n) is 2.56. The van der Waals surface area contributed by atoms with Crippen LogP contribution in [0.2, 0.25) is 0 Å². The van der Waals surface area contributed by atoms with Gasteiger partial charge in [0.25, 0.3) is 0 Å². The smallest absolute Gasteiger partial charge is 0.147 e. The largest absolute Gasteiger partial charge is 0.365 e. The van der Waals surface area contributed by atoms with E-state index in [0.29, 0.717) is 17.8 Å². The zero-order chi connectivity index (χ0) is 14.7. The van der Waals surface area contributed by atoms with Crippen LogP contribution in [0.3, 0.4) is 0 Å². The van der Waals surface area contributed by atoms with E-state index in [2.05, 4.69) is 11.1 Å². The molecule has 1 aliphatic rings. The number of rotatable bonds is 2. The van der Waals surface area contributed by atoms with Gasteiger partial charge in [-0.05, 0) is 47.9 Å². The third kappa shape index (κ3) is 2.77. The Labute approximate surface area is 123 Å². The summed E-state index contributed by atoms with van der Waals surface area (Å²) in [6, 6.07) is 10.5. The van der Waals surface area contributed by atoms with Crippen molar-refractivity contribution < 1.29 is 4.39 Å². The standard InChI is InChI=1S/C17H14FN3/c18-16-10-13(11-19)3-4-17(16)21-9-1-2-15(12-21)14-5-7-20-8-6-14/h2-8,10H,1,9,12H2. The second-order valence-electron chi connectivity index (χ2n) is 4.95. The lowest BCUT2D eigenvalue weighted by molar-refractivity contribution is 0.619. The van der Waals surface area contributed by atoms with E-state index in [-0.39, 0.29) is 5.82 Å². The summed E-state index contributed by atoms with van der Waals surface area (Å²) in [6.45, 7) is 1.43. The lowest BCUT2D eigenvalue weighted by Crippen LogP contribution is -2.30. The molecule has 1 aromatic carbocycles. The van der Waals surface area contributed by atoms with Crippen molar-refractivity contribution in [3.05, 3.63) is 65.7 Å². The molecule has 0 amide bonds. The summed E-state index contributed by atoms with van der Waals surface area (Å²) in [6.07, 6.45) is 6.58. The minimum atomic E-state index is -0.343. The van der Waals surface area contributed by atoms with Gasteiger partial charge in [0.2, 0.25) is 0 Å². The maximum atomic E-state index is 14.1. The van der Waals surface area contributed by atoms with Crippen LogP contribution < -0.4 is 4.90 Å². The fraction of sp³-hybridized carbons (Fsp3) is 0.176. The number of nitriles is 1. The van der Waals surface area contributed by atoms with Crippen LogP contribution in [0.1, 0.15) is 17.5 Å². The highest BCUT2D eigenvalue weighted by Crippen LogP contribution is 2.27. The molecule has 2 aromatic rings. The number of nitrogens with zero attached hydrogens (tertiary/aromatic N) is 3. The SMILES string of the molecule is N#Cc1ccc(N2CCC=C(c3ccncc3)C2)c(F)c1. The summed E-state index contributed by atoms with van der Waals surface area (Å²) in [5, 5.41) is 8.81. The Morgan fingerprint density at radius 3 is 2.71 bits per heavy atom. The first kappa shape index (κ1) is 13.3. The van der Waals surface area contributed by atoms with Gasteiger partial charge in [-0.15, -0.1) is 0 Å². The van der Waals surface area contributed by atoms with E-state index < -0.39 is 0 Å².